The molecule has 2 aromatic rings. The Labute approximate surface area is 246 Å². The lowest BCUT2D eigenvalue weighted by molar-refractivity contribution is -0.116. The van der Waals surface area contributed by atoms with E-state index in [1.807, 2.05) is 24.3 Å². The molecule has 1 N–H and O–H groups in total. The van der Waals surface area contributed by atoms with Crippen molar-refractivity contribution in [3.8, 4) is 5.75 Å². The third-order valence-corrected chi connectivity index (χ3v) is 11.0. The van der Waals surface area contributed by atoms with Gasteiger partial charge in [-0.3, -0.25) is 9.52 Å². The highest BCUT2D eigenvalue weighted by Gasteiger charge is 2.45. The van der Waals surface area contributed by atoms with Crippen LogP contribution in [-0.4, -0.2) is 56.3 Å². The average molecular weight is 583 g/mol. The number of aryl methyl sites for hydroxylation is 1. The Hall–Kier alpha value is -1.93. The third kappa shape index (κ3) is 5.12. The first-order chi connectivity index (χ1) is 19.5. The molecule has 1 saturated heterocycles. The van der Waals surface area contributed by atoms with E-state index in [-0.39, 0.29) is 28.8 Å². The van der Waals surface area contributed by atoms with Crippen molar-refractivity contribution in [2.45, 2.75) is 74.7 Å². The van der Waals surface area contributed by atoms with Gasteiger partial charge in [0.2, 0.25) is 0 Å². The van der Waals surface area contributed by atoms with Crippen molar-refractivity contribution in [2.75, 3.05) is 37.8 Å². The fourth-order valence-corrected chi connectivity index (χ4v) is 8.38. The van der Waals surface area contributed by atoms with Gasteiger partial charge in [-0.15, -0.1) is 0 Å². The first kappa shape index (κ1) is 26.9. The second kappa shape index (κ2) is 11.0. The zero-order valence-electron chi connectivity index (χ0n) is 23.2. The van der Waals surface area contributed by atoms with E-state index in [4.69, 9.17) is 25.8 Å². The van der Waals surface area contributed by atoms with Crippen molar-refractivity contribution >= 4 is 35.1 Å². The summed E-state index contributed by atoms with van der Waals surface area (Å²) in [7, 11) is 0. The summed E-state index contributed by atoms with van der Waals surface area (Å²) in [6.07, 6.45) is 8.06. The van der Waals surface area contributed by atoms with E-state index < -0.39 is 0 Å². The first-order valence-corrected chi connectivity index (χ1v) is 16.2. The SMILES string of the molecule is C[C@@H]1CO[C@H]2CCO[C@H](C2)[C@@H]2CC[C@H]2CN2C[C@@]3(CCCc4cc(Cl)ccc43)COc3ccc(cc32)C(=O)NS1. The van der Waals surface area contributed by atoms with Gasteiger partial charge in [0.25, 0.3) is 5.91 Å². The number of amides is 1. The highest BCUT2D eigenvalue weighted by molar-refractivity contribution is 7.98. The quantitative estimate of drug-likeness (QED) is 0.374. The number of carbonyl (C=O) groups excluding carboxylic acids is 1. The molecule has 2 aliphatic carbocycles. The number of carbonyl (C=O) groups is 1. The summed E-state index contributed by atoms with van der Waals surface area (Å²) in [6, 6.07) is 12.3. The van der Waals surface area contributed by atoms with Crippen molar-refractivity contribution < 1.29 is 19.0 Å². The molecule has 0 radical (unpaired) electrons. The molecule has 1 amide bonds. The van der Waals surface area contributed by atoms with Gasteiger partial charge in [-0.1, -0.05) is 17.7 Å². The number of rotatable bonds is 0. The molecule has 214 valence electrons. The van der Waals surface area contributed by atoms with Gasteiger partial charge in [-0.2, -0.15) is 0 Å². The molecule has 6 nitrogen and oxygen atoms in total. The Morgan fingerprint density at radius 1 is 1.12 bits per heavy atom. The van der Waals surface area contributed by atoms with Crippen LogP contribution in [0.1, 0.15) is 66.9 Å². The smallest absolute Gasteiger partial charge is 0.261 e. The summed E-state index contributed by atoms with van der Waals surface area (Å²) in [5, 5.41) is 0.962. The molecular formula is C32H39ClN2O4S. The van der Waals surface area contributed by atoms with Crippen molar-refractivity contribution in [2.24, 2.45) is 11.8 Å². The van der Waals surface area contributed by atoms with E-state index in [9.17, 15) is 4.79 Å². The van der Waals surface area contributed by atoms with Crippen LogP contribution in [0.5, 0.6) is 5.75 Å². The Kier molecular flexibility index (Phi) is 7.44. The number of hydrogen-bond acceptors (Lipinski definition) is 6. The highest BCUT2D eigenvalue weighted by Crippen LogP contribution is 2.47. The van der Waals surface area contributed by atoms with Gasteiger partial charge >= 0.3 is 0 Å². The molecule has 40 heavy (non-hydrogen) atoms. The number of ether oxygens (including phenoxy) is 3. The second-order valence-corrected chi connectivity index (χ2v) is 14.2. The van der Waals surface area contributed by atoms with Crippen LogP contribution >= 0.6 is 23.5 Å². The second-order valence-electron chi connectivity index (χ2n) is 12.5. The lowest BCUT2D eigenvalue weighted by atomic mass is 9.67. The number of nitrogens with one attached hydrogen (secondary N) is 1. The Balaban J connectivity index is 1.26. The van der Waals surface area contributed by atoms with Gasteiger partial charge in [-0.05, 0) is 111 Å². The number of fused-ring (bicyclic) bond motifs is 7. The van der Waals surface area contributed by atoms with E-state index in [0.29, 0.717) is 30.6 Å². The zero-order chi connectivity index (χ0) is 27.3. The molecule has 0 unspecified atom stereocenters. The number of nitrogens with zero attached hydrogens (tertiary/aromatic N) is 1. The molecule has 4 bridgehead atoms. The summed E-state index contributed by atoms with van der Waals surface area (Å²) in [5.41, 5.74) is 4.29. The minimum Gasteiger partial charge on any atom is -0.490 e. The minimum atomic E-state index is -0.120. The van der Waals surface area contributed by atoms with Crippen LogP contribution in [0.15, 0.2) is 36.4 Å². The highest BCUT2D eigenvalue weighted by atomic mass is 35.5. The predicted octanol–water partition coefficient (Wildman–Crippen LogP) is 6.18. The molecule has 8 heteroatoms. The Morgan fingerprint density at radius 2 is 2.05 bits per heavy atom. The van der Waals surface area contributed by atoms with E-state index in [1.54, 1.807) is 0 Å². The Morgan fingerprint density at radius 3 is 2.92 bits per heavy atom. The summed E-state index contributed by atoms with van der Waals surface area (Å²) < 4.78 is 22.4. The van der Waals surface area contributed by atoms with Crippen molar-refractivity contribution in [3.05, 3.63) is 58.1 Å². The standard InChI is InChI=1S/C32H39ClN2O4S/c1-20-17-38-25-10-12-37-30(15-25)26-7-4-23(26)16-35-18-32(11-2-3-21-13-24(33)6-8-27(21)32)19-39-29-9-5-22(14-28(29)35)31(36)34-40-20/h5-6,8-9,13-14,20,23,25-26,30H,2-4,7,10-12,15-19H2,1H3,(H,34,36)/t20-,23+,25+,26-,30-,32+/m1/s1. The van der Waals surface area contributed by atoms with E-state index in [1.165, 1.54) is 35.9 Å². The fourth-order valence-electron chi connectivity index (χ4n) is 7.61. The van der Waals surface area contributed by atoms with Crippen LogP contribution in [0.25, 0.3) is 0 Å². The summed E-state index contributed by atoms with van der Waals surface area (Å²) in [4.78, 5) is 15.8. The number of anilines is 1. The lowest BCUT2D eigenvalue weighted by Crippen LogP contribution is -2.51. The molecule has 1 saturated carbocycles. The van der Waals surface area contributed by atoms with Crippen LogP contribution in [0.3, 0.4) is 0 Å². The maximum absolute atomic E-state index is 13.3. The number of hydrogen-bond donors (Lipinski definition) is 1. The molecule has 2 fully saturated rings. The van der Waals surface area contributed by atoms with Crippen LogP contribution in [-0.2, 0) is 21.3 Å². The molecule has 2 aromatic carbocycles. The fraction of sp³-hybridized carbons (Fsp3) is 0.594. The molecule has 7 rings (SSSR count). The van der Waals surface area contributed by atoms with Crippen molar-refractivity contribution in [1.82, 2.24) is 4.72 Å². The summed E-state index contributed by atoms with van der Waals surface area (Å²) in [6.45, 7) is 5.93. The van der Waals surface area contributed by atoms with Gasteiger partial charge in [-0.25, -0.2) is 0 Å². The number of halogens is 1. The number of benzene rings is 2. The van der Waals surface area contributed by atoms with Gasteiger partial charge in [0.1, 0.15) is 5.75 Å². The van der Waals surface area contributed by atoms with E-state index >= 15 is 0 Å². The molecule has 0 aromatic heterocycles. The normalized spacial score (nSPS) is 34.0. The van der Waals surface area contributed by atoms with Crippen molar-refractivity contribution in [3.63, 3.8) is 0 Å². The van der Waals surface area contributed by atoms with E-state index in [0.717, 1.165) is 68.3 Å². The monoisotopic (exact) mass is 582 g/mol. The molecule has 6 atom stereocenters. The minimum absolute atomic E-state index is 0.0732. The van der Waals surface area contributed by atoms with Crippen molar-refractivity contribution in [1.29, 1.82) is 0 Å². The third-order valence-electron chi connectivity index (χ3n) is 9.89. The van der Waals surface area contributed by atoms with Gasteiger partial charge in [0.05, 0.1) is 31.1 Å². The predicted molar refractivity (Wildman–Crippen MR) is 160 cm³/mol. The van der Waals surface area contributed by atoms with Crippen LogP contribution < -0.4 is 14.4 Å². The molecular weight excluding hydrogens is 544 g/mol. The average Bonchev–Trinajstić information content (AvgIpc) is 3.09. The summed E-state index contributed by atoms with van der Waals surface area (Å²) >= 11 is 7.87. The summed E-state index contributed by atoms with van der Waals surface area (Å²) in [5.74, 6) is 1.88. The topological polar surface area (TPSA) is 60.0 Å². The largest absolute Gasteiger partial charge is 0.490 e. The molecule has 5 aliphatic rings. The van der Waals surface area contributed by atoms with Gasteiger partial charge < -0.3 is 19.1 Å². The van der Waals surface area contributed by atoms with Gasteiger partial charge in [0, 0.05) is 47.4 Å². The zero-order valence-corrected chi connectivity index (χ0v) is 24.8. The van der Waals surface area contributed by atoms with Gasteiger partial charge in [0.15, 0.2) is 0 Å². The molecule has 3 aliphatic heterocycles. The molecule has 1 spiro atoms. The lowest BCUT2D eigenvalue weighted by Gasteiger charge is -2.48. The van der Waals surface area contributed by atoms with Crippen LogP contribution in [0, 0.1) is 11.8 Å². The maximum atomic E-state index is 13.3. The molecule has 3 heterocycles. The Bertz CT molecular complexity index is 1280. The maximum Gasteiger partial charge on any atom is 0.261 e. The van der Waals surface area contributed by atoms with Crippen LogP contribution in [0.2, 0.25) is 5.02 Å². The van der Waals surface area contributed by atoms with Crippen LogP contribution in [0.4, 0.5) is 5.69 Å². The first-order valence-electron chi connectivity index (χ1n) is 15.0. The van der Waals surface area contributed by atoms with E-state index in [2.05, 4.69) is 28.7 Å².